The first kappa shape index (κ1) is 15.3. The van der Waals surface area contributed by atoms with Gasteiger partial charge < -0.3 is 10.1 Å². The molecule has 0 radical (unpaired) electrons. The van der Waals surface area contributed by atoms with Crippen LogP contribution in [0.3, 0.4) is 0 Å². The molecule has 1 saturated heterocycles. The lowest BCUT2D eigenvalue weighted by atomic mass is 9.77. The van der Waals surface area contributed by atoms with Crippen molar-refractivity contribution in [2.75, 3.05) is 18.5 Å². The Balaban J connectivity index is 1.95. The van der Waals surface area contributed by atoms with E-state index in [9.17, 15) is 4.79 Å². The highest BCUT2D eigenvalue weighted by molar-refractivity contribution is 9.09. The highest BCUT2D eigenvalue weighted by Gasteiger charge is 2.37. The van der Waals surface area contributed by atoms with Crippen molar-refractivity contribution in [3.05, 3.63) is 0 Å². The van der Waals surface area contributed by atoms with Crippen LogP contribution in [-0.4, -0.2) is 30.0 Å². The summed E-state index contributed by atoms with van der Waals surface area (Å²) >= 11 is 3.62. The van der Waals surface area contributed by atoms with Crippen molar-refractivity contribution in [3.63, 3.8) is 0 Å². The maximum atomic E-state index is 12.5. The zero-order chi connectivity index (χ0) is 13.9. The van der Waals surface area contributed by atoms with E-state index in [1.54, 1.807) is 0 Å². The molecule has 0 spiro atoms. The number of hydrogen-bond acceptors (Lipinski definition) is 2. The van der Waals surface area contributed by atoms with E-state index in [-0.39, 0.29) is 17.4 Å². The Kier molecular flexibility index (Phi) is 5.29. The van der Waals surface area contributed by atoms with Crippen LogP contribution in [0, 0.1) is 17.8 Å². The maximum absolute atomic E-state index is 12.5. The minimum absolute atomic E-state index is 0.0123. The van der Waals surface area contributed by atoms with Crippen LogP contribution in [0.1, 0.15) is 46.0 Å². The van der Waals surface area contributed by atoms with Crippen molar-refractivity contribution >= 4 is 21.8 Å². The van der Waals surface area contributed by atoms with Gasteiger partial charge in [0.2, 0.25) is 5.91 Å². The van der Waals surface area contributed by atoms with E-state index in [0.717, 1.165) is 43.7 Å². The zero-order valence-electron chi connectivity index (χ0n) is 12.1. The molecular weight excluding hydrogens is 306 g/mol. The zero-order valence-corrected chi connectivity index (χ0v) is 13.7. The summed E-state index contributed by atoms with van der Waals surface area (Å²) in [6.07, 6.45) is 5.50. The molecule has 0 aromatic heterocycles. The Bertz CT molecular complexity index is 313. The number of ether oxygens (including phenoxy) is 1. The Hall–Kier alpha value is -0.0900. The summed E-state index contributed by atoms with van der Waals surface area (Å²) in [4.78, 5) is 12.5. The molecule has 2 aliphatic rings. The van der Waals surface area contributed by atoms with Gasteiger partial charge in [-0.3, -0.25) is 4.79 Å². The van der Waals surface area contributed by atoms with E-state index in [1.165, 1.54) is 12.8 Å². The lowest BCUT2D eigenvalue weighted by Crippen LogP contribution is -2.55. The molecule has 19 heavy (non-hydrogen) atoms. The minimum atomic E-state index is -0.0123. The summed E-state index contributed by atoms with van der Waals surface area (Å²) < 4.78 is 5.43. The van der Waals surface area contributed by atoms with Gasteiger partial charge in [-0.15, -0.1) is 0 Å². The van der Waals surface area contributed by atoms with E-state index >= 15 is 0 Å². The third-order valence-electron chi connectivity index (χ3n) is 4.85. The normalized spacial score (nSPS) is 39.8. The molecule has 1 aliphatic carbocycles. The van der Waals surface area contributed by atoms with Gasteiger partial charge in [-0.05, 0) is 43.9 Å². The number of carbonyl (C=O) groups excluding carboxylic acids is 1. The molecule has 2 fully saturated rings. The van der Waals surface area contributed by atoms with Crippen LogP contribution in [0.2, 0.25) is 0 Å². The molecule has 1 heterocycles. The van der Waals surface area contributed by atoms with Crippen molar-refractivity contribution in [1.82, 2.24) is 5.32 Å². The first-order valence-electron chi connectivity index (χ1n) is 7.52. The molecule has 0 aromatic carbocycles. The molecule has 4 heteroatoms. The largest absolute Gasteiger partial charge is 0.381 e. The number of nitrogens with one attached hydrogen (secondary N) is 1. The van der Waals surface area contributed by atoms with Gasteiger partial charge in [-0.1, -0.05) is 29.8 Å². The Morgan fingerprint density at radius 2 is 2.00 bits per heavy atom. The predicted octanol–water partition coefficient (Wildman–Crippen LogP) is 3.12. The lowest BCUT2D eigenvalue weighted by Gasteiger charge is -2.40. The second kappa shape index (κ2) is 6.57. The van der Waals surface area contributed by atoms with Crippen LogP contribution < -0.4 is 5.32 Å². The van der Waals surface area contributed by atoms with Gasteiger partial charge >= 0.3 is 0 Å². The van der Waals surface area contributed by atoms with Crippen LogP contribution in [0.4, 0.5) is 0 Å². The van der Waals surface area contributed by atoms with Crippen molar-refractivity contribution < 1.29 is 9.53 Å². The third kappa shape index (κ3) is 3.72. The highest BCUT2D eigenvalue weighted by Crippen LogP contribution is 2.34. The van der Waals surface area contributed by atoms with Crippen LogP contribution in [-0.2, 0) is 9.53 Å². The fourth-order valence-corrected chi connectivity index (χ4v) is 3.93. The SMILES string of the molecule is CC1CCC(CBr)(NC(=O)C2CCOCC2C)CC1. The molecule has 0 bridgehead atoms. The van der Waals surface area contributed by atoms with Crippen LogP contribution in [0.25, 0.3) is 0 Å². The number of amides is 1. The Morgan fingerprint density at radius 1 is 1.32 bits per heavy atom. The Labute approximate surface area is 125 Å². The number of halogens is 1. The first-order chi connectivity index (χ1) is 9.06. The van der Waals surface area contributed by atoms with Gasteiger partial charge in [-0.2, -0.15) is 0 Å². The number of rotatable bonds is 3. The van der Waals surface area contributed by atoms with Gasteiger partial charge in [0.05, 0.1) is 0 Å². The predicted molar refractivity (Wildman–Crippen MR) is 80.4 cm³/mol. The number of hydrogen-bond donors (Lipinski definition) is 1. The molecule has 0 aromatic rings. The molecule has 1 saturated carbocycles. The summed E-state index contributed by atoms with van der Waals surface area (Å²) in [5.41, 5.74) is -0.0123. The van der Waals surface area contributed by atoms with Crippen LogP contribution in [0.5, 0.6) is 0 Å². The second-order valence-corrected chi connectivity index (χ2v) is 7.09. The molecule has 2 unspecified atom stereocenters. The summed E-state index contributed by atoms with van der Waals surface area (Å²) in [5.74, 6) is 1.50. The van der Waals surface area contributed by atoms with E-state index in [2.05, 4.69) is 35.1 Å². The van der Waals surface area contributed by atoms with Crippen LogP contribution >= 0.6 is 15.9 Å². The smallest absolute Gasteiger partial charge is 0.224 e. The van der Waals surface area contributed by atoms with Gasteiger partial charge in [0.25, 0.3) is 0 Å². The quantitative estimate of drug-likeness (QED) is 0.807. The van der Waals surface area contributed by atoms with E-state index in [4.69, 9.17) is 4.74 Å². The number of alkyl halides is 1. The molecule has 1 amide bonds. The van der Waals surface area contributed by atoms with Gasteiger partial charge in [0.15, 0.2) is 0 Å². The molecule has 2 atom stereocenters. The monoisotopic (exact) mass is 331 g/mol. The van der Waals surface area contributed by atoms with E-state index in [1.807, 2.05) is 0 Å². The number of carbonyl (C=O) groups is 1. The molecule has 1 aliphatic heterocycles. The van der Waals surface area contributed by atoms with Gasteiger partial charge in [0.1, 0.15) is 0 Å². The van der Waals surface area contributed by atoms with E-state index in [0.29, 0.717) is 5.92 Å². The van der Waals surface area contributed by atoms with Gasteiger partial charge in [0, 0.05) is 30.0 Å². The van der Waals surface area contributed by atoms with Crippen molar-refractivity contribution in [1.29, 1.82) is 0 Å². The fourth-order valence-electron chi connectivity index (χ4n) is 3.23. The molecule has 1 N–H and O–H groups in total. The standard InChI is InChI=1S/C15H26BrNO2/c1-11-3-6-15(10-16,7-4-11)17-14(18)13-5-8-19-9-12(13)2/h11-13H,3-10H2,1-2H3,(H,17,18). The third-order valence-corrected chi connectivity index (χ3v) is 5.93. The fraction of sp³-hybridized carbons (Fsp3) is 0.933. The molecular formula is C15H26BrNO2. The van der Waals surface area contributed by atoms with Crippen molar-refractivity contribution in [2.24, 2.45) is 17.8 Å². The average molecular weight is 332 g/mol. The second-order valence-electron chi connectivity index (χ2n) is 6.53. The maximum Gasteiger partial charge on any atom is 0.224 e. The molecule has 2 rings (SSSR count). The lowest BCUT2D eigenvalue weighted by molar-refractivity contribution is -0.132. The van der Waals surface area contributed by atoms with Crippen LogP contribution in [0.15, 0.2) is 0 Å². The molecule has 3 nitrogen and oxygen atoms in total. The highest BCUT2D eigenvalue weighted by atomic mass is 79.9. The van der Waals surface area contributed by atoms with Crippen molar-refractivity contribution in [3.8, 4) is 0 Å². The minimum Gasteiger partial charge on any atom is -0.381 e. The van der Waals surface area contributed by atoms with Gasteiger partial charge in [-0.25, -0.2) is 0 Å². The molecule has 110 valence electrons. The first-order valence-corrected chi connectivity index (χ1v) is 8.64. The summed E-state index contributed by atoms with van der Waals surface area (Å²) in [6.45, 7) is 5.87. The van der Waals surface area contributed by atoms with Crippen molar-refractivity contribution in [2.45, 2.75) is 51.5 Å². The summed E-state index contributed by atoms with van der Waals surface area (Å²) in [5, 5.41) is 4.23. The average Bonchev–Trinajstić information content (AvgIpc) is 2.42. The Morgan fingerprint density at radius 3 is 2.58 bits per heavy atom. The van der Waals surface area contributed by atoms with E-state index < -0.39 is 0 Å². The topological polar surface area (TPSA) is 38.3 Å². The summed E-state index contributed by atoms with van der Waals surface area (Å²) in [7, 11) is 0. The summed E-state index contributed by atoms with van der Waals surface area (Å²) in [6, 6.07) is 0.